The molecule has 49 heavy (non-hydrogen) atoms. The number of alkyl halides is 4. The molecule has 4 N–H and O–H groups in total. The molecule has 0 radical (unpaired) electrons. The van der Waals surface area contributed by atoms with E-state index in [1.54, 1.807) is 0 Å². The summed E-state index contributed by atoms with van der Waals surface area (Å²) in [4.78, 5) is 29.8. The number of benzene rings is 2. The number of fused-ring (bicyclic) bond motifs is 2. The van der Waals surface area contributed by atoms with Crippen molar-refractivity contribution in [2.24, 2.45) is 5.73 Å². The number of aromatic nitrogens is 3. The predicted molar refractivity (Wildman–Crippen MR) is 161 cm³/mol. The number of nitrogens with zero attached hydrogens (tertiary/aromatic N) is 3. The molecule has 1 aliphatic heterocycles. The fourth-order valence-electron chi connectivity index (χ4n) is 5.56. The average molecular weight is 710 g/mol. The number of carbonyl (C=O) groups is 2. The van der Waals surface area contributed by atoms with Crippen molar-refractivity contribution in [1.82, 2.24) is 20.1 Å². The second kappa shape index (κ2) is 11.0. The summed E-state index contributed by atoms with van der Waals surface area (Å²) in [7, 11) is 0. The van der Waals surface area contributed by atoms with Gasteiger partial charge in [0.2, 0.25) is 17.3 Å². The van der Waals surface area contributed by atoms with Crippen molar-refractivity contribution >= 4 is 34.3 Å². The number of ether oxygens (including phenoxy) is 2. The number of nitrogens with one attached hydrogen (secondary N) is 1. The molecule has 3 heterocycles. The van der Waals surface area contributed by atoms with Crippen LogP contribution in [-0.4, -0.2) is 57.1 Å². The Morgan fingerprint density at radius 3 is 2.51 bits per heavy atom. The third-order valence-electron chi connectivity index (χ3n) is 9.01. The summed E-state index contributed by atoms with van der Waals surface area (Å²) in [6, 6.07) is 4.46. The zero-order valence-electron chi connectivity index (χ0n) is 25.4. The highest BCUT2D eigenvalue weighted by atomic mass is 35.5. The summed E-state index contributed by atoms with van der Waals surface area (Å²) in [5, 5.41) is 17.4. The van der Waals surface area contributed by atoms with E-state index in [-0.39, 0.29) is 47.1 Å². The van der Waals surface area contributed by atoms with Gasteiger partial charge in [-0.25, -0.2) is 22.8 Å². The number of nitrogens with two attached hydrogens (primary N) is 1. The summed E-state index contributed by atoms with van der Waals surface area (Å²) in [5.74, 6) is -6.41. The Bertz CT molecular complexity index is 2070. The van der Waals surface area contributed by atoms with Crippen molar-refractivity contribution in [3.05, 3.63) is 70.0 Å². The maximum absolute atomic E-state index is 15.1. The highest BCUT2D eigenvalue weighted by molar-refractivity contribution is 6.31. The Balaban J connectivity index is 1.29. The Kier molecular flexibility index (Phi) is 7.38. The third kappa shape index (κ3) is 5.50. The minimum absolute atomic E-state index is 0.134. The van der Waals surface area contributed by atoms with Gasteiger partial charge in [0, 0.05) is 47.2 Å². The molecular weight excluding hydrogens is 684 g/mol. The number of primary amides is 1. The van der Waals surface area contributed by atoms with Crippen molar-refractivity contribution in [2.45, 2.75) is 61.7 Å². The van der Waals surface area contributed by atoms with Gasteiger partial charge in [-0.15, -0.1) is 0 Å². The van der Waals surface area contributed by atoms with Gasteiger partial charge in [-0.1, -0.05) is 11.6 Å². The van der Waals surface area contributed by atoms with Crippen molar-refractivity contribution in [2.75, 3.05) is 13.2 Å². The SMILES string of the molecule is C[C@]1(C(N)=O)COc2c1cc([C@@](O)(CNC(=O)c1cc(OC3CC3)c3nn(C4(F)CC4)cc3c1)C(F)(F)F)nc2-c1cc(Cl)c(F)cc1F. The van der Waals surface area contributed by atoms with Gasteiger partial charge in [0.15, 0.2) is 0 Å². The molecule has 7 rings (SSSR count). The van der Waals surface area contributed by atoms with E-state index in [9.17, 15) is 36.6 Å². The van der Waals surface area contributed by atoms with Gasteiger partial charge in [-0.2, -0.15) is 18.3 Å². The lowest BCUT2D eigenvalue weighted by Crippen LogP contribution is -2.51. The second-order valence-corrected chi connectivity index (χ2v) is 13.1. The van der Waals surface area contributed by atoms with Crippen LogP contribution in [0.1, 0.15) is 54.2 Å². The highest BCUT2D eigenvalue weighted by Gasteiger charge is 2.58. The quantitative estimate of drug-likeness (QED) is 0.158. The Morgan fingerprint density at radius 2 is 1.88 bits per heavy atom. The van der Waals surface area contributed by atoms with Crippen LogP contribution >= 0.6 is 11.6 Å². The lowest BCUT2D eigenvalue weighted by atomic mass is 9.81. The maximum Gasteiger partial charge on any atom is 0.424 e. The molecule has 3 aliphatic rings. The fraction of sp³-hybridized carbons (Fsp3) is 0.375. The number of aliphatic hydroxyl groups is 1. The molecule has 2 fully saturated rings. The monoisotopic (exact) mass is 709 g/mol. The van der Waals surface area contributed by atoms with Gasteiger partial charge in [0.1, 0.15) is 46.4 Å². The summed E-state index contributed by atoms with van der Waals surface area (Å²) in [5.41, 5.74) is -2.67. The van der Waals surface area contributed by atoms with E-state index < -0.39 is 81.6 Å². The molecule has 0 saturated heterocycles. The number of carbonyl (C=O) groups excluding carboxylic acids is 2. The first-order chi connectivity index (χ1) is 22.9. The zero-order valence-corrected chi connectivity index (χ0v) is 26.2. The van der Waals surface area contributed by atoms with Gasteiger partial charge in [-0.05, 0) is 44.0 Å². The summed E-state index contributed by atoms with van der Waals surface area (Å²) in [6.07, 6.45) is -2.37. The van der Waals surface area contributed by atoms with Gasteiger partial charge in [-0.3, -0.25) is 9.59 Å². The van der Waals surface area contributed by atoms with E-state index in [1.165, 1.54) is 25.3 Å². The summed E-state index contributed by atoms with van der Waals surface area (Å²) in [6.45, 7) is -0.711. The van der Waals surface area contributed by atoms with Gasteiger partial charge in [0.05, 0.1) is 23.4 Å². The Morgan fingerprint density at radius 1 is 1.16 bits per heavy atom. The minimum Gasteiger partial charge on any atom is -0.489 e. The third-order valence-corrected chi connectivity index (χ3v) is 9.30. The lowest BCUT2D eigenvalue weighted by Gasteiger charge is -2.31. The molecule has 0 unspecified atom stereocenters. The molecule has 0 spiro atoms. The van der Waals surface area contributed by atoms with Crippen molar-refractivity contribution < 1.29 is 50.5 Å². The van der Waals surface area contributed by atoms with Crippen LogP contribution in [0.4, 0.5) is 26.3 Å². The molecule has 2 saturated carbocycles. The topological polar surface area (TPSA) is 142 Å². The first kappa shape index (κ1) is 33.0. The van der Waals surface area contributed by atoms with Crippen LogP contribution in [0.25, 0.3) is 22.2 Å². The molecule has 17 heteroatoms. The van der Waals surface area contributed by atoms with E-state index in [2.05, 4.69) is 15.4 Å². The summed E-state index contributed by atoms with van der Waals surface area (Å²) >= 11 is 5.85. The molecular formula is C32H26ClF6N5O5. The number of pyridine rings is 1. The van der Waals surface area contributed by atoms with E-state index in [0.717, 1.165) is 29.7 Å². The van der Waals surface area contributed by atoms with E-state index in [4.69, 9.17) is 26.8 Å². The van der Waals surface area contributed by atoms with Crippen LogP contribution in [0, 0.1) is 11.6 Å². The number of rotatable bonds is 9. The Labute approximate surface area is 278 Å². The predicted octanol–water partition coefficient (Wildman–Crippen LogP) is 5.30. The number of amides is 2. The van der Waals surface area contributed by atoms with Crippen LogP contribution in [0.5, 0.6) is 11.5 Å². The van der Waals surface area contributed by atoms with Gasteiger partial charge >= 0.3 is 6.18 Å². The molecule has 2 aromatic heterocycles. The van der Waals surface area contributed by atoms with E-state index in [0.29, 0.717) is 11.5 Å². The molecule has 2 aromatic carbocycles. The standard InChI is InChI=1S/C32H26ClF6N5O5/c1-29(28(40)46)13-48-26-18(29)9-23(42-25(26)17-8-19(33)21(35)10-20(17)34)31(47,32(37,38)39)12-41-27(45)14-6-15-11-44(30(36)4-5-30)43-24(15)22(7-14)49-16-2-3-16/h6-11,16,47H,2-5,12-13H2,1H3,(H2,40,46)(H,41,45)/t29-,31-/m0/s1. The molecule has 4 aromatic rings. The first-order valence-electron chi connectivity index (χ1n) is 15.0. The maximum atomic E-state index is 15.1. The summed E-state index contributed by atoms with van der Waals surface area (Å²) < 4.78 is 101. The molecule has 0 bridgehead atoms. The van der Waals surface area contributed by atoms with E-state index >= 15 is 4.39 Å². The molecule has 10 nitrogen and oxygen atoms in total. The Hall–Kier alpha value is -4.57. The van der Waals surface area contributed by atoms with Crippen molar-refractivity contribution in [3.8, 4) is 22.8 Å². The normalized spacial score (nSPS) is 20.8. The van der Waals surface area contributed by atoms with Crippen molar-refractivity contribution in [3.63, 3.8) is 0 Å². The van der Waals surface area contributed by atoms with E-state index in [1.807, 2.05) is 0 Å². The van der Waals surface area contributed by atoms with Crippen LogP contribution in [0.15, 0.2) is 36.5 Å². The van der Waals surface area contributed by atoms with Gasteiger partial charge in [0.25, 0.3) is 5.91 Å². The van der Waals surface area contributed by atoms with Crippen LogP contribution < -0.4 is 20.5 Å². The smallest absolute Gasteiger partial charge is 0.424 e. The lowest BCUT2D eigenvalue weighted by molar-refractivity contribution is -0.265. The molecule has 258 valence electrons. The largest absolute Gasteiger partial charge is 0.489 e. The van der Waals surface area contributed by atoms with Crippen LogP contribution in [0.3, 0.4) is 0 Å². The second-order valence-electron chi connectivity index (χ2n) is 12.7. The van der Waals surface area contributed by atoms with Gasteiger partial charge < -0.3 is 25.6 Å². The molecule has 2 atom stereocenters. The molecule has 2 amide bonds. The van der Waals surface area contributed by atoms with Crippen molar-refractivity contribution in [1.29, 1.82) is 0 Å². The minimum atomic E-state index is -5.52. The average Bonchev–Trinajstić information content (AvgIpc) is 3.93. The fourth-order valence-corrected chi connectivity index (χ4v) is 5.72. The molecule has 2 aliphatic carbocycles. The number of hydrogen-bond donors (Lipinski definition) is 3. The zero-order chi connectivity index (χ0) is 35.3. The number of hydrogen-bond acceptors (Lipinski definition) is 7. The number of halogens is 7. The van der Waals surface area contributed by atoms with Crippen LogP contribution in [-0.2, 0) is 21.6 Å². The highest BCUT2D eigenvalue weighted by Crippen LogP contribution is 2.49. The first-order valence-corrected chi connectivity index (χ1v) is 15.4. The van der Waals surface area contributed by atoms with Crippen LogP contribution in [0.2, 0.25) is 5.02 Å².